The van der Waals surface area contributed by atoms with Crippen LogP contribution in [0.25, 0.3) is 0 Å². The molecule has 5 nitrogen and oxygen atoms in total. The molecule has 0 atom stereocenters. The van der Waals surface area contributed by atoms with Gasteiger partial charge in [0.15, 0.2) is 0 Å². The standard InChI is InChI=1S/C12H8BrFN2O3/c1-6-10(14)11(16-5-15-6)19-9-4-7(12(17)18)2-3-8(9)13/h2-5H,1H3,(H,17,18). The smallest absolute Gasteiger partial charge is 0.335 e. The molecule has 0 aliphatic heterocycles. The first kappa shape index (κ1) is 13.4. The summed E-state index contributed by atoms with van der Waals surface area (Å²) in [7, 11) is 0. The van der Waals surface area contributed by atoms with Crippen LogP contribution in [-0.2, 0) is 0 Å². The van der Waals surface area contributed by atoms with Crippen LogP contribution in [-0.4, -0.2) is 21.0 Å². The maximum Gasteiger partial charge on any atom is 0.335 e. The largest absolute Gasteiger partial charge is 0.478 e. The summed E-state index contributed by atoms with van der Waals surface area (Å²) in [6.07, 6.45) is 1.17. The van der Waals surface area contributed by atoms with Crippen LogP contribution >= 0.6 is 15.9 Å². The third-order valence-electron chi connectivity index (χ3n) is 2.32. The number of carboxylic acids is 1. The molecule has 0 amide bonds. The lowest BCUT2D eigenvalue weighted by atomic mass is 10.2. The third-order valence-corrected chi connectivity index (χ3v) is 2.97. The van der Waals surface area contributed by atoms with Crippen LogP contribution in [0, 0.1) is 12.7 Å². The van der Waals surface area contributed by atoms with Gasteiger partial charge in [0.2, 0.25) is 5.82 Å². The fraction of sp³-hybridized carbons (Fsp3) is 0.0833. The molecule has 0 fully saturated rings. The van der Waals surface area contributed by atoms with Gasteiger partial charge >= 0.3 is 5.97 Å². The number of hydrogen-bond donors (Lipinski definition) is 1. The fourth-order valence-electron chi connectivity index (χ4n) is 1.33. The lowest BCUT2D eigenvalue weighted by molar-refractivity contribution is 0.0696. The minimum atomic E-state index is -1.10. The van der Waals surface area contributed by atoms with E-state index in [4.69, 9.17) is 9.84 Å². The van der Waals surface area contributed by atoms with E-state index in [1.165, 1.54) is 31.5 Å². The Morgan fingerprint density at radius 3 is 2.84 bits per heavy atom. The van der Waals surface area contributed by atoms with Gasteiger partial charge in [0, 0.05) is 0 Å². The zero-order chi connectivity index (χ0) is 14.0. The third kappa shape index (κ3) is 2.87. The van der Waals surface area contributed by atoms with E-state index >= 15 is 0 Å². The molecule has 0 saturated carbocycles. The van der Waals surface area contributed by atoms with E-state index in [2.05, 4.69) is 25.9 Å². The molecule has 0 aliphatic carbocycles. The van der Waals surface area contributed by atoms with Crippen molar-refractivity contribution in [2.75, 3.05) is 0 Å². The number of carbonyl (C=O) groups is 1. The fourth-order valence-corrected chi connectivity index (χ4v) is 1.65. The van der Waals surface area contributed by atoms with Crippen LogP contribution in [0.15, 0.2) is 29.0 Å². The molecule has 7 heteroatoms. The molecule has 1 aromatic heterocycles. The highest BCUT2D eigenvalue weighted by atomic mass is 79.9. The summed E-state index contributed by atoms with van der Waals surface area (Å²) in [6.45, 7) is 1.48. The van der Waals surface area contributed by atoms with Gasteiger partial charge in [0.25, 0.3) is 5.88 Å². The lowest BCUT2D eigenvalue weighted by Gasteiger charge is -2.08. The van der Waals surface area contributed by atoms with Gasteiger partial charge in [0.1, 0.15) is 12.1 Å². The van der Waals surface area contributed by atoms with Crippen molar-refractivity contribution in [1.82, 2.24) is 9.97 Å². The molecule has 98 valence electrons. The molecule has 0 aliphatic rings. The normalized spacial score (nSPS) is 10.3. The Kier molecular flexibility index (Phi) is 3.75. The van der Waals surface area contributed by atoms with E-state index in [-0.39, 0.29) is 22.9 Å². The van der Waals surface area contributed by atoms with Crippen LogP contribution in [0.2, 0.25) is 0 Å². The van der Waals surface area contributed by atoms with Gasteiger partial charge < -0.3 is 9.84 Å². The van der Waals surface area contributed by atoms with Gasteiger partial charge in [-0.25, -0.2) is 9.78 Å². The predicted octanol–water partition coefficient (Wildman–Crippen LogP) is 3.18. The molecular weight excluding hydrogens is 319 g/mol. The Hall–Kier alpha value is -2.02. The van der Waals surface area contributed by atoms with E-state index in [1.807, 2.05) is 0 Å². The van der Waals surface area contributed by atoms with Crippen LogP contribution in [0.3, 0.4) is 0 Å². The maximum atomic E-state index is 13.7. The van der Waals surface area contributed by atoms with Crippen molar-refractivity contribution in [2.24, 2.45) is 0 Å². The quantitative estimate of drug-likeness (QED) is 0.937. The first-order chi connectivity index (χ1) is 8.99. The number of rotatable bonds is 3. The second kappa shape index (κ2) is 5.31. The maximum absolute atomic E-state index is 13.7. The first-order valence-corrected chi connectivity index (χ1v) is 5.96. The summed E-state index contributed by atoms with van der Waals surface area (Å²) in [4.78, 5) is 18.2. The van der Waals surface area contributed by atoms with E-state index in [0.29, 0.717) is 4.47 Å². The zero-order valence-corrected chi connectivity index (χ0v) is 11.3. The zero-order valence-electron chi connectivity index (χ0n) is 9.72. The van der Waals surface area contributed by atoms with Crippen molar-refractivity contribution in [2.45, 2.75) is 6.92 Å². The van der Waals surface area contributed by atoms with Crippen molar-refractivity contribution in [1.29, 1.82) is 0 Å². The van der Waals surface area contributed by atoms with Crippen molar-refractivity contribution in [3.63, 3.8) is 0 Å². The van der Waals surface area contributed by atoms with Gasteiger partial charge in [-0.05, 0) is 41.1 Å². The van der Waals surface area contributed by atoms with Crippen LogP contribution in [0.1, 0.15) is 16.1 Å². The number of nitrogens with zero attached hydrogens (tertiary/aromatic N) is 2. The van der Waals surface area contributed by atoms with Gasteiger partial charge in [-0.3, -0.25) is 0 Å². The molecule has 1 heterocycles. The Morgan fingerprint density at radius 1 is 1.42 bits per heavy atom. The highest BCUT2D eigenvalue weighted by Gasteiger charge is 2.13. The number of aromatic carboxylic acids is 1. The Bertz CT molecular complexity index is 649. The van der Waals surface area contributed by atoms with Gasteiger partial charge in [-0.1, -0.05) is 0 Å². The predicted molar refractivity (Wildman–Crippen MR) is 67.9 cm³/mol. The highest BCUT2D eigenvalue weighted by molar-refractivity contribution is 9.10. The number of hydrogen-bond acceptors (Lipinski definition) is 4. The number of aryl methyl sites for hydroxylation is 1. The van der Waals surface area contributed by atoms with Crippen molar-refractivity contribution in [3.8, 4) is 11.6 Å². The van der Waals surface area contributed by atoms with Crippen LogP contribution in [0.4, 0.5) is 4.39 Å². The Balaban J connectivity index is 2.40. The van der Waals surface area contributed by atoms with Crippen molar-refractivity contribution >= 4 is 21.9 Å². The van der Waals surface area contributed by atoms with E-state index < -0.39 is 11.8 Å². The summed E-state index contributed by atoms with van der Waals surface area (Å²) < 4.78 is 19.5. The monoisotopic (exact) mass is 326 g/mol. The van der Waals surface area contributed by atoms with Crippen molar-refractivity contribution in [3.05, 3.63) is 46.1 Å². The number of ether oxygens (including phenoxy) is 1. The second-order valence-electron chi connectivity index (χ2n) is 3.63. The summed E-state index contributed by atoms with van der Waals surface area (Å²) in [6, 6.07) is 4.19. The van der Waals surface area contributed by atoms with E-state index in [1.54, 1.807) is 0 Å². The van der Waals surface area contributed by atoms with Crippen LogP contribution < -0.4 is 4.74 Å². The molecule has 19 heavy (non-hydrogen) atoms. The number of carboxylic acid groups (broad SMARTS) is 1. The molecule has 0 radical (unpaired) electrons. The second-order valence-corrected chi connectivity index (χ2v) is 4.48. The highest BCUT2D eigenvalue weighted by Crippen LogP contribution is 2.31. The number of halogens is 2. The molecule has 0 bridgehead atoms. The molecule has 2 rings (SSSR count). The van der Waals surface area contributed by atoms with Gasteiger partial charge in [0.05, 0.1) is 15.7 Å². The first-order valence-electron chi connectivity index (χ1n) is 5.17. The minimum Gasteiger partial charge on any atom is -0.478 e. The molecular formula is C12H8BrFN2O3. The lowest BCUT2D eigenvalue weighted by Crippen LogP contribution is -2.00. The summed E-state index contributed by atoms with van der Waals surface area (Å²) in [5.41, 5.74) is 0.180. The van der Waals surface area contributed by atoms with E-state index in [0.717, 1.165) is 0 Å². The Labute approximate surface area is 116 Å². The number of aromatic nitrogens is 2. The molecule has 0 saturated heterocycles. The van der Waals surface area contributed by atoms with Crippen LogP contribution in [0.5, 0.6) is 11.6 Å². The molecule has 0 spiro atoms. The Morgan fingerprint density at radius 2 is 2.16 bits per heavy atom. The summed E-state index contributed by atoms with van der Waals surface area (Å²) >= 11 is 3.20. The molecule has 1 N–H and O–H groups in total. The summed E-state index contributed by atoms with van der Waals surface area (Å²) in [5.74, 6) is -1.88. The van der Waals surface area contributed by atoms with E-state index in [9.17, 15) is 9.18 Å². The average Bonchev–Trinajstić information content (AvgIpc) is 2.37. The average molecular weight is 327 g/mol. The SMILES string of the molecule is Cc1ncnc(Oc2cc(C(=O)O)ccc2Br)c1F. The number of benzene rings is 1. The molecule has 0 unspecified atom stereocenters. The minimum absolute atomic E-state index is 0.0318. The topological polar surface area (TPSA) is 72.3 Å². The van der Waals surface area contributed by atoms with Gasteiger partial charge in [-0.2, -0.15) is 9.37 Å². The van der Waals surface area contributed by atoms with Crippen molar-refractivity contribution < 1.29 is 19.0 Å². The molecule has 2 aromatic rings. The molecule has 1 aromatic carbocycles. The summed E-state index contributed by atoms with van der Waals surface area (Å²) in [5, 5.41) is 8.89. The van der Waals surface area contributed by atoms with Gasteiger partial charge in [-0.15, -0.1) is 0 Å².